The van der Waals surface area contributed by atoms with Crippen LogP contribution in [-0.4, -0.2) is 22.1 Å². The second-order valence-electron chi connectivity index (χ2n) is 4.92. The summed E-state index contributed by atoms with van der Waals surface area (Å²) in [7, 11) is 2.10. The Labute approximate surface area is 108 Å². The molecule has 0 aliphatic carbocycles. The number of benzene rings is 1. The Morgan fingerprint density at radius 2 is 2.00 bits per heavy atom. The van der Waals surface area contributed by atoms with Crippen LogP contribution in [0.15, 0.2) is 24.3 Å². The standard InChI is InChI=1S/C14H20N4/c1-10-4-5-11(2)12(6-10)8-18(3)9-13-7-14(15)17-16-13/h4-7H,8-9H2,1-3H3,(H3,15,16,17). The molecular formula is C14H20N4. The molecule has 2 aromatic rings. The van der Waals surface area contributed by atoms with Gasteiger partial charge in [-0.05, 0) is 32.0 Å². The van der Waals surface area contributed by atoms with Crippen molar-refractivity contribution in [3.05, 3.63) is 46.6 Å². The van der Waals surface area contributed by atoms with E-state index in [1.54, 1.807) is 0 Å². The maximum Gasteiger partial charge on any atom is 0.145 e. The summed E-state index contributed by atoms with van der Waals surface area (Å²) in [6.07, 6.45) is 0. The van der Waals surface area contributed by atoms with Crippen molar-refractivity contribution in [2.75, 3.05) is 12.8 Å². The SMILES string of the molecule is Cc1ccc(C)c(CN(C)Cc2cc(N)n[nH]2)c1. The highest BCUT2D eigenvalue weighted by Gasteiger charge is 2.06. The fourth-order valence-electron chi connectivity index (χ4n) is 2.07. The number of nitrogens with one attached hydrogen (secondary N) is 1. The second kappa shape index (κ2) is 5.23. The van der Waals surface area contributed by atoms with Gasteiger partial charge in [-0.3, -0.25) is 10.00 Å². The predicted molar refractivity (Wildman–Crippen MR) is 74.1 cm³/mol. The van der Waals surface area contributed by atoms with E-state index in [0.29, 0.717) is 5.82 Å². The molecule has 0 fully saturated rings. The number of nitrogens with zero attached hydrogens (tertiary/aromatic N) is 2. The van der Waals surface area contributed by atoms with Gasteiger partial charge in [0, 0.05) is 19.2 Å². The zero-order chi connectivity index (χ0) is 13.1. The summed E-state index contributed by atoms with van der Waals surface area (Å²) < 4.78 is 0. The van der Waals surface area contributed by atoms with Crippen LogP contribution in [0.4, 0.5) is 5.82 Å². The van der Waals surface area contributed by atoms with Crippen LogP contribution >= 0.6 is 0 Å². The third-order valence-corrected chi connectivity index (χ3v) is 3.04. The molecule has 1 aromatic heterocycles. The van der Waals surface area contributed by atoms with Crippen LogP contribution in [0.1, 0.15) is 22.4 Å². The van der Waals surface area contributed by atoms with E-state index in [-0.39, 0.29) is 0 Å². The zero-order valence-corrected chi connectivity index (χ0v) is 11.2. The predicted octanol–water partition coefficient (Wildman–Crippen LogP) is 2.24. The molecule has 0 aliphatic heterocycles. The second-order valence-corrected chi connectivity index (χ2v) is 4.92. The molecule has 3 N–H and O–H groups in total. The molecule has 18 heavy (non-hydrogen) atoms. The van der Waals surface area contributed by atoms with Crippen LogP contribution < -0.4 is 5.73 Å². The first kappa shape index (κ1) is 12.6. The lowest BCUT2D eigenvalue weighted by atomic mass is 10.1. The number of aromatic nitrogens is 2. The van der Waals surface area contributed by atoms with E-state index >= 15 is 0 Å². The topological polar surface area (TPSA) is 57.9 Å². The van der Waals surface area contributed by atoms with Crippen molar-refractivity contribution >= 4 is 5.82 Å². The van der Waals surface area contributed by atoms with Crippen molar-refractivity contribution in [3.63, 3.8) is 0 Å². The van der Waals surface area contributed by atoms with Gasteiger partial charge in [-0.2, -0.15) is 5.10 Å². The number of H-pyrrole nitrogens is 1. The minimum atomic E-state index is 0.546. The summed E-state index contributed by atoms with van der Waals surface area (Å²) in [5, 5.41) is 6.87. The fraction of sp³-hybridized carbons (Fsp3) is 0.357. The smallest absolute Gasteiger partial charge is 0.145 e. The molecule has 0 radical (unpaired) electrons. The quantitative estimate of drug-likeness (QED) is 0.867. The maximum atomic E-state index is 5.59. The van der Waals surface area contributed by atoms with Crippen LogP contribution in [-0.2, 0) is 13.1 Å². The molecule has 1 heterocycles. The lowest BCUT2D eigenvalue weighted by molar-refractivity contribution is 0.314. The van der Waals surface area contributed by atoms with Crippen molar-refractivity contribution in [3.8, 4) is 0 Å². The molecule has 4 nitrogen and oxygen atoms in total. The minimum absolute atomic E-state index is 0.546. The Hall–Kier alpha value is -1.81. The van der Waals surface area contributed by atoms with Gasteiger partial charge >= 0.3 is 0 Å². The average Bonchev–Trinajstić information content (AvgIpc) is 2.69. The van der Waals surface area contributed by atoms with E-state index in [2.05, 4.69) is 54.2 Å². The maximum absolute atomic E-state index is 5.59. The van der Waals surface area contributed by atoms with Gasteiger partial charge in [0.2, 0.25) is 0 Å². The first-order chi connectivity index (χ1) is 8.54. The first-order valence-corrected chi connectivity index (χ1v) is 6.09. The highest BCUT2D eigenvalue weighted by Crippen LogP contribution is 2.14. The lowest BCUT2D eigenvalue weighted by Crippen LogP contribution is -2.18. The van der Waals surface area contributed by atoms with Crippen molar-refractivity contribution in [1.82, 2.24) is 15.1 Å². The van der Waals surface area contributed by atoms with Crippen LogP contribution in [0.2, 0.25) is 0 Å². The molecule has 96 valence electrons. The van der Waals surface area contributed by atoms with Crippen LogP contribution in [0.5, 0.6) is 0 Å². The summed E-state index contributed by atoms with van der Waals surface area (Å²) >= 11 is 0. The summed E-state index contributed by atoms with van der Waals surface area (Å²) in [5.41, 5.74) is 10.6. The van der Waals surface area contributed by atoms with Gasteiger partial charge in [-0.25, -0.2) is 0 Å². The van der Waals surface area contributed by atoms with Crippen molar-refractivity contribution in [2.24, 2.45) is 0 Å². The molecule has 0 atom stereocenters. The molecule has 2 rings (SSSR count). The first-order valence-electron chi connectivity index (χ1n) is 6.09. The monoisotopic (exact) mass is 244 g/mol. The minimum Gasteiger partial charge on any atom is -0.382 e. The summed E-state index contributed by atoms with van der Waals surface area (Å²) in [6.45, 7) is 6.01. The number of rotatable bonds is 4. The normalized spacial score (nSPS) is 11.1. The van der Waals surface area contributed by atoms with Crippen LogP contribution in [0.25, 0.3) is 0 Å². The van der Waals surface area contributed by atoms with Crippen molar-refractivity contribution in [2.45, 2.75) is 26.9 Å². The number of nitrogen functional groups attached to an aromatic ring is 1. The van der Waals surface area contributed by atoms with Gasteiger partial charge in [0.1, 0.15) is 5.82 Å². The highest BCUT2D eigenvalue weighted by atomic mass is 15.2. The lowest BCUT2D eigenvalue weighted by Gasteiger charge is -2.17. The van der Waals surface area contributed by atoms with Crippen LogP contribution in [0.3, 0.4) is 0 Å². The molecule has 4 heteroatoms. The molecule has 0 bridgehead atoms. The fourth-order valence-corrected chi connectivity index (χ4v) is 2.07. The van der Waals surface area contributed by atoms with Crippen LogP contribution in [0, 0.1) is 13.8 Å². The van der Waals surface area contributed by atoms with Gasteiger partial charge in [-0.1, -0.05) is 23.8 Å². The largest absolute Gasteiger partial charge is 0.382 e. The number of nitrogens with two attached hydrogens (primary N) is 1. The Morgan fingerprint density at radius 3 is 2.67 bits per heavy atom. The molecule has 0 aliphatic rings. The Bertz CT molecular complexity index is 530. The van der Waals surface area contributed by atoms with E-state index in [9.17, 15) is 0 Å². The van der Waals surface area contributed by atoms with Gasteiger partial charge < -0.3 is 5.73 Å². The molecule has 0 amide bonds. The summed E-state index contributed by atoms with van der Waals surface area (Å²) in [5.74, 6) is 0.546. The van der Waals surface area contributed by atoms with E-state index in [1.807, 2.05) is 6.07 Å². The average molecular weight is 244 g/mol. The molecule has 1 aromatic carbocycles. The van der Waals surface area contributed by atoms with Crippen molar-refractivity contribution in [1.29, 1.82) is 0 Å². The molecule has 0 unspecified atom stereocenters. The number of hydrogen-bond donors (Lipinski definition) is 2. The van der Waals surface area contributed by atoms with E-state index in [4.69, 9.17) is 5.73 Å². The molecule has 0 saturated carbocycles. The van der Waals surface area contributed by atoms with Gasteiger partial charge in [0.15, 0.2) is 0 Å². The summed E-state index contributed by atoms with van der Waals surface area (Å²) in [6, 6.07) is 8.44. The zero-order valence-electron chi connectivity index (χ0n) is 11.2. The Balaban J connectivity index is 2.02. The van der Waals surface area contributed by atoms with Gasteiger partial charge in [-0.15, -0.1) is 0 Å². The third-order valence-electron chi connectivity index (χ3n) is 3.04. The molecular weight excluding hydrogens is 224 g/mol. The molecule has 0 spiro atoms. The Morgan fingerprint density at radius 1 is 1.22 bits per heavy atom. The van der Waals surface area contributed by atoms with Gasteiger partial charge in [0.25, 0.3) is 0 Å². The van der Waals surface area contributed by atoms with Crippen molar-refractivity contribution < 1.29 is 0 Å². The number of anilines is 1. The van der Waals surface area contributed by atoms with E-state index in [0.717, 1.165) is 18.8 Å². The van der Waals surface area contributed by atoms with E-state index < -0.39 is 0 Å². The summed E-state index contributed by atoms with van der Waals surface area (Å²) in [4.78, 5) is 2.24. The van der Waals surface area contributed by atoms with E-state index in [1.165, 1.54) is 16.7 Å². The number of aryl methyl sites for hydroxylation is 2. The third kappa shape index (κ3) is 3.11. The number of hydrogen-bond acceptors (Lipinski definition) is 3. The highest BCUT2D eigenvalue weighted by molar-refractivity contribution is 5.31. The van der Waals surface area contributed by atoms with Gasteiger partial charge in [0.05, 0.1) is 5.69 Å². The number of aromatic amines is 1. The Kier molecular flexibility index (Phi) is 3.67. The molecule has 0 saturated heterocycles.